The number of rotatable bonds is 6. The minimum atomic E-state index is -0.475. The van der Waals surface area contributed by atoms with Crippen LogP contribution in [0.4, 0.5) is 11.4 Å². The lowest BCUT2D eigenvalue weighted by Crippen LogP contribution is -2.50. The van der Waals surface area contributed by atoms with Crippen molar-refractivity contribution in [2.45, 2.75) is 25.0 Å². The van der Waals surface area contributed by atoms with Gasteiger partial charge in [0.25, 0.3) is 5.56 Å². The lowest BCUT2D eigenvalue weighted by molar-refractivity contribution is 0.0659. The molecule has 3 heterocycles. The van der Waals surface area contributed by atoms with Crippen molar-refractivity contribution >= 4 is 11.4 Å². The molecule has 2 bridgehead atoms. The van der Waals surface area contributed by atoms with Crippen molar-refractivity contribution in [2.75, 3.05) is 31.1 Å². The minimum absolute atomic E-state index is 0.113. The first kappa shape index (κ1) is 20.0. The van der Waals surface area contributed by atoms with Gasteiger partial charge in [0.2, 0.25) is 0 Å². The molecule has 0 spiro atoms. The highest BCUT2D eigenvalue weighted by Gasteiger charge is 2.35. The number of aliphatic hydroxyl groups excluding tert-OH is 1. The van der Waals surface area contributed by atoms with Gasteiger partial charge in [-0.2, -0.15) is 0 Å². The van der Waals surface area contributed by atoms with E-state index in [9.17, 15) is 9.90 Å². The van der Waals surface area contributed by atoms with Gasteiger partial charge in [0.1, 0.15) is 0 Å². The van der Waals surface area contributed by atoms with Gasteiger partial charge < -0.3 is 14.6 Å². The van der Waals surface area contributed by atoms with E-state index < -0.39 is 6.10 Å². The van der Waals surface area contributed by atoms with Crippen LogP contribution in [0.2, 0.25) is 0 Å². The fourth-order valence-corrected chi connectivity index (χ4v) is 5.29. The summed E-state index contributed by atoms with van der Waals surface area (Å²) in [5.41, 5.74) is 3.42. The van der Waals surface area contributed by atoms with Crippen molar-refractivity contribution in [3.63, 3.8) is 0 Å². The SMILES string of the molecule is O=c1cccc2n1CC1CC2CN(CC(O)CN(c2ccccc2)c2ccccc2)C1. The molecule has 5 rings (SSSR count). The maximum absolute atomic E-state index is 12.2. The largest absolute Gasteiger partial charge is 0.390 e. The standard InChI is InChI=1S/C26H29N3O2/c30-24(19-28(22-8-3-1-4-9-22)23-10-5-2-6-11-23)18-27-15-20-14-21(17-27)25-12-7-13-26(31)29(25)16-20/h1-13,20-21,24,30H,14-19H2. The van der Waals surface area contributed by atoms with Crippen molar-refractivity contribution in [2.24, 2.45) is 5.92 Å². The van der Waals surface area contributed by atoms with Crippen LogP contribution in [0.1, 0.15) is 18.0 Å². The van der Waals surface area contributed by atoms with Crippen LogP contribution in [0.3, 0.4) is 0 Å². The summed E-state index contributed by atoms with van der Waals surface area (Å²) in [5.74, 6) is 0.839. The molecule has 160 valence electrons. The first-order chi connectivity index (χ1) is 15.2. The number of hydrogen-bond acceptors (Lipinski definition) is 4. The summed E-state index contributed by atoms with van der Waals surface area (Å²) in [6, 6.07) is 26.1. The lowest BCUT2D eigenvalue weighted by Gasteiger charge is -2.43. The summed E-state index contributed by atoms with van der Waals surface area (Å²) in [6.45, 7) is 3.80. The first-order valence-electron chi connectivity index (χ1n) is 11.1. The third kappa shape index (κ3) is 4.29. The highest BCUT2D eigenvalue weighted by Crippen LogP contribution is 2.35. The molecule has 0 amide bonds. The summed E-state index contributed by atoms with van der Waals surface area (Å²) in [6.07, 6.45) is 0.660. The quantitative estimate of drug-likeness (QED) is 0.670. The third-order valence-electron chi connectivity index (χ3n) is 6.55. The molecule has 0 radical (unpaired) electrons. The van der Waals surface area contributed by atoms with Crippen LogP contribution < -0.4 is 10.5 Å². The van der Waals surface area contributed by atoms with Crippen LogP contribution in [0.25, 0.3) is 0 Å². The number of piperidine rings is 1. The zero-order valence-corrected chi connectivity index (χ0v) is 17.7. The molecule has 31 heavy (non-hydrogen) atoms. The van der Waals surface area contributed by atoms with Gasteiger partial charge in [0.15, 0.2) is 0 Å². The van der Waals surface area contributed by atoms with Crippen molar-refractivity contribution in [3.8, 4) is 0 Å². The molecule has 1 N–H and O–H groups in total. The van der Waals surface area contributed by atoms with Gasteiger partial charge in [-0.3, -0.25) is 9.69 Å². The number of anilines is 2. The molecular weight excluding hydrogens is 386 g/mol. The number of β-amino-alcohol motifs (C(OH)–C–C–N with tert-alkyl or cyclic N) is 1. The number of benzene rings is 2. The fourth-order valence-electron chi connectivity index (χ4n) is 5.29. The molecule has 3 unspecified atom stereocenters. The summed E-state index contributed by atoms with van der Waals surface area (Å²) in [5, 5.41) is 11.1. The van der Waals surface area contributed by atoms with E-state index in [-0.39, 0.29) is 5.56 Å². The maximum Gasteiger partial charge on any atom is 0.250 e. The Morgan fingerprint density at radius 2 is 1.55 bits per heavy atom. The summed E-state index contributed by atoms with van der Waals surface area (Å²) >= 11 is 0. The second kappa shape index (κ2) is 8.69. The molecule has 1 saturated heterocycles. The summed E-state index contributed by atoms with van der Waals surface area (Å²) in [7, 11) is 0. The third-order valence-corrected chi connectivity index (χ3v) is 6.55. The van der Waals surface area contributed by atoms with E-state index in [0.717, 1.165) is 43.1 Å². The molecule has 2 aliphatic heterocycles. The topological polar surface area (TPSA) is 48.7 Å². The normalized spacial score (nSPS) is 21.3. The second-order valence-corrected chi connectivity index (χ2v) is 8.85. The molecule has 1 fully saturated rings. The summed E-state index contributed by atoms with van der Waals surface area (Å²) < 4.78 is 1.96. The second-order valence-electron chi connectivity index (χ2n) is 8.85. The molecular formula is C26H29N3O2. The molecule has 5 heteroatoms. The molecule has 0 aliphatic carbocycles. The molecule has 5 nitrogen and oxygen atoms in total. The number of aromatic nitrogens is 1. The number of fused-ring (bicyclic) bond motifs is 4. The maximum atomic E-state index is 12.2. The van der Waals surface area contributed by atoms with Crippen molar-refractivity contribution in [1.29, 1.82) is 0 Å². The lowest BCUT2D eigenvalue weighted by atomic mass is 9.83. The Labute approximate surface area is 183 Å². The van der Waals surface area contributed by atoms with Gasteiger partial charge in [-0.05, 0) is 42.7 Å². The zero-order chi connectivity index (χ0) is 21.2. The fraction of sp³-hybridized carbons (Fsp3) is 0.346. The predicted molar refractivity (Wildman–Crippen MR) is 124 cm³/mol. The van der Waals surface area contributed by atoms with E-state index >= 15 is 0 Å². The molecule has 3 aromatic rings. The zero-order valence-electron chi connectivity index (χ0n) is 17.7. The Bertz CT molecular complexity index is 1030. The number of nitrogens with zero attached hydrogens (tertiary/aromatic N) is 3. The molecule has 2 aliphatic rings. The molecule has 1 aromatic heterocycles. The van der Waals surface area contributed by atoms with E-state index in [0.29, 0.717) is 24.9 Å². The highest BCUT2D eigenvalue weighted by molar-refractivity contribution is 5.63. The number of likely N-dealkylation sites (tertiary alicyclic amines) is 1. The van der Waals surface area contributed by atoms with Gasteiger partial charge in [-0.1, -0.05) is 42.5 Å². The van der Waals surface area contributed by atoms with Crippen LogP contribution in [-0.2, 0) is 6.54 Å². The van der Waals surface area contributed by atoms with Gasteiger partial charge >= 0.3 is 0 Å². The Morgan fingerprint density at radius 3 is 2.23 bits per heavy atom. The Morgan fingerprint density at radius 1 is 0.871 bits per heavy atom. The van der Waals surface area contributed by atoms with Gasteiger partial charge in [0.05, 0.1) is 12.6 Å². The first-order valence-corrected chi connectivity index (χ1v) is 11.1. The Balaban J connectivity index is 1.30. The smallest absolute Gasteiger partial charge is 0.250 e. The van der Waals surface area contributed by atoms with Crippen LogP contribution in [0, 0.1) is 5.92 Å². The van der Waals surface area contributed by atoms with Gasteiger partial charge in [-0.25, -0.2) is 0 Å². The number of hydrogen-bond donors (Lipinski definition) is 1. The monoisotopic (exact) mass is 415 g/mol. The summed E-state index contributed by atoms with van der Waals surface area (Å²) in [4.78, 5) is 16.8. The average molecular weight is 416 g/mol. The van der Waals surface area contributed by atoms with Crippen LogP contribution in [0.5, 0.6) is 0 Å². The van der Waals surface area contributed by atoms with Crippen LogP contribution >= 0.6 is 0 Å². The number of para-hydroxylation sites is 2. The van der Waals surface area contributed by atoms with Crippen LogP contribution in [0.15, 0.2) is 83.7 Å². The van der Waals surface area contributed by atoms with Gasteiger partial charge in [0, 0.05) is 55.2 Å². The number of pyridine rings is 1. The minimum Gasteiger partial charge on any atom is -0.390 e. The Kier molecular flexibility index (Phi) is 5.62. The number of aliphatic hydroxyl groups is 1. The average Bonchev–Trinajstić information content (AvgIpc) is 2.79. The predicted octanol–water partition coefficient (Wildman–Crippen LogP) is 3.47. The van der Waals surface area contributed by atoms with E-state index in [2.05, 4.69) is 40.1 Å². The Hall–Kier alpha value is -2.89. The van der Waals surface area contributed by atoms with Gasteiger partial charge in [-0.15, -0.1) is 0 Å². The highest BCUT2D eigenvalue weighted by atomic mass is 16.3. The molecule has 3 atom stereocenters. The van der Waals surface area contributed by atoms with Crippen molar-refractivity contribution < 1.29 is 5.11 Å². The van der Waals surface area contributed by atoms with Crippen molar-refractivity contribution in [3.05, 3.63) is 94.9 Å². The van der Waals surface area contributed by atoms with Crippen molar-refractivity contribution in [1.82, 2.24) is 9.47 Å². The van der Waals surface area contributed by atoms with E-state index in [1.54, 1.807) is 6.07 Å². The van der Waals surface area contributed by atoms with E-state index in [1.165, 1.54) is 0 Å². The molecule has 2 aromatic carbocycles. The van der Waals surface area contributed by atoms with E-state index in [4.69, 9.17) is 0 Å². The van der Waals surface area contributed by atoms with Crippen LogP contribution in [-0.4, -0.2) is 46.9 Å². The molecule has 0 saturated carbocycles. The van der Waals surface area contributed by atoms with E-state index in [1.807, 2.05) is 47.0 Å².